The molecule has 1 unspecified atom stereocenters. The summed E-state index contributed by atoms with van der Waals surface area (Å²) >= 11 is 0. The number of aromatic nitrogens is 4. The number of aryl methyl sites for hydroxylation is 2. The summed E-state index contributed by atoms with van der Waals surface area (Å²) in [4.78, 5) is 22.8. The predicted octanol–water partition coefficient (Wildman–Crippen LogP) is 3.69. The van der Waals surface area contributed by atoms with Crippen LogP contribution in [0.4, 0.5) is 4.39 Å². The van der Waals surface area contributed by atoms with Crippen molar-refractivity contribution in [2.24, 2.45) is 0 Å². The number of H-pyrrole nitrogens is 1. The van der Waals surface area contributed by atoms with Gasteiger partial charge in [0.1, 0.15) is 30.1 Å². The maximum atomic E-state index is 14.9. The first kappa shape index (κ1) is 18.5. The Labute approximate surface area is 173 Å². The van der Waals surface area contributed by atoms with Crippen molar-refractivity contribution >= 4 is 16.8 Å². The highest BCUT2D eigenvalue weighted by Gasteiger charge is 2.36. The van der Waals surface area contributed by atoms with E-state index in [9.17, 15) is 9.18 Å². The van der Waals surface area contributed by atoms with Crippen LogP contribution in [0.1, 0.15) is 34.5 Å². The molecule has 0 bridgehead atoms. The van der Waals surface area contributed by atoms with Crippen LogP contribution in [0.5, 0.6) is 0 Å². The minimum Gasteiger partial charge on any atom is -0.356 e. The van der Waals surface area contributed by atoms with Crippen LogP contribution in [0.2, 0.25) is 0 Å². The third kappa shape index (κ3) is 2.98. The minimum absolute atomic E-state index is 0.0766. The summed E-state index contributed by atoms with van der Waals surface area (Å²) in [5, 5.41) is 5.44. The van der Waals surface area contributed by atoms with Gasteiger partial charge in [0, 0.05) is 28.7 Å². The van der Waals surface area contributed by atoms with Crippen LogP contribution in [0.25, 0.3) is 10.9 Å². The number of rotatable bonds is 3. The molecule has 0 spiro atoms. The molecule has 1 amide bonds. The Morgan fingerprint density at radius 3 is 2.70 bits per heavy atom. The maximum absolute atomic E-state index is 14.9. The molecular formula is C23H22FN5O. The zero-order chi connectivity index (χ0) is 20.8. The van der Waals surface area contributed by atoms with Crippen molar-refractivity contribution in [1.82, 2.24) is 24.6 Å². The fraction of sp³-hybridized carbons (Fsp3) is 0.261. The summed E-state index contributed by atoms with van der Waals surface area (Å²) in [6.07, 6.45) is 0.714. The monoisotopic (exact) mass is 403 g/mol. The van der Waals surface area contributed by atoms with Gasteiger partial charge in [-0.15, -0.1) is 0 Å². The van der Waals surface area contributed by atoms with Gasteiger partial charge in [-0.1, -0.05) is 36.4 Å². The van der Waals surface area contributed by atoms with Gasteiger partial charge < -0.3 is 9.88 Å². The van der Waals surface area contributed by atoms with E-state index in [4.69, 9.17) is 0 Å². The molecule has 1 atom stereocenters. The number of hydrogen-bond acceptors (Lipinski definition) is 3. The number of aromatic amines is 1. The standard InChI is InChI=1S/C23H22FN5O/c1-14-25-15(2)29(27-14)13-21(30)28-12-11-17-16-7-4-6-10-20(16)26-22(17)23(28)18-8-3-5-9-19(18)24/h3-10,23,26H,11-13H2,1-2H3. The summed E-state index contributed by atoms with van der Waals surface area (Å²) in [7, 11) is 0. The molecule has 0 saturated heterocycles. The van der Waals surface area contributed by atoms with Crippen molar-refractivity contribution in [3.05, 3.63) is 82.8 Å². The number of fused-ring (bicyclic) bond motifs is 3. The highest BCUT2D eigenvalue weighted by atomic mass is 19.1. The maximum Gasteiger partial charge on any atom is 0.245 e. The van der Waals surface area contributed by atoms with E-state index >= 15 is 0 Å². The molecule has 1 aliphatic heterocycles. The zero-order valence-electron chi connectivity index (χ0n) is 16.9. The number of benzene rings is 2. The van der Waals surface area contributed by atoms with Gasteiger partial charge in [-0.3, -0.25) is 4.79 Å². The lowest BCUT2D eigenvalue weighted by Crippen LogP contribution is -2.42. The van der Waals surface area contributed by atoms with E-state index in [-0.39, 0.29) is 18.3 Å². The van der Waals surface area contributed by atoms with Crippen molar-refractivity contribution in [3.8, 4) is 0 Å². The van der Waals surface area contributed by atoms with Crippen molar-refractivity contribution < 1.29 is 9.18 Å². The van der Waals surface area contributed by atoms with Crippen LogP contribution < -0.4 is 0 Å². The van der Waals surface area contributed by atoms with Crippen LogP contribution in [-0.4, -0.2) is 37.1 Å². The number of carbonyl (C=O) groups excluding carboxylic acids is 1. The molecule has 2 aromatic heterocycles. The Morgan fingerprint density at radius 1 is 1.17 bits per heavy atom. The van der Waals surface area contributed by atoms with Gasteiger partial charge in [0.15, 0.2) is 0 Å². The van der Waals surface area contributed by atoms with Gasteiger partial charge in [0.25, 0.3) is 0 Å². The second kappa shape index (κ2) is 7.09. The Bertz CT molecular complexity index is 1260. The molecule has 6 nitrogen and oxygen atoms in total. The summed E-state index contributed by atoms with van der Waals surface area (Å²) in [6, 6.07) is 14.2. The second-order valence-electron chi connectivity index (χ2n) is 7.69. The highest BCUT2D eigenvalue weighted by molar-refractivity contribution is 5.86. The smallest absolute Gasteiger partial charge is 0.245 e. The SMILES string of the molecule is Cc1nc(C)n(CC(=O)N2CCc3c([nH]c4ccccc34)C2c2ccccc2F)n1. The molecule has 2 aromatic carbocycles. The van der Waals surface area contributed by atoms with Gasteiger partial charge in [0.05, 0.1) is 0 Å². The lowest BCUT2D eigenvalue weighted by Gasteiger charge is -2.36. The van der Waals surface area contributed by atoms with Gasteiger partial charge in [-0.05, 0) is 38.0 Å². The summed E-state index contributed by atoms with van der Waals surface area (Å²) < 4.78 is 16.5. The van der Waals surface area contributed by atoms with Gasteiger partial charge in [0.2, 0.25) is 5.91 Å². The Morgan fingerprint density at radius 2 is 1.93 bits per heavy atom. The molecule has 30 heavy (non-hydrogen) atoms. The van der Waals surface area contributed by atoms with E-state index in [0.29, 0.717) is 30.2 Å². The van der Waals surface area contributed by atoms with Gasteiger partial charge in [-0.25, -0.2) is 14.1 Å². The van der Waals surface area contributed by atoms with Crippen molar-refractivity contribution in [2.45, 2.75) is 32.9 Å². The van der Waals surface area contributed by atoms with E-state index in [1.165, 1.54) is 6.07 Å². The van der Waals surface area contributed by atoms with E-state index in [2.05, 4.69) is 21.1 Å². The van der Waals surface area contributed by atoms with Crippen LogP contribution in [0.15, 0.2) is 48.5 Å². The van der Waals surface area contributed by atoms with Gasteiger partial charge >= 0.3 is 0 Å². The number of nitrogens with zero attached hydrogens (tertiary/aromatic N) is 4. The lowest BCUT2D eigenvalue weighted by atomic mass is 9.92. The minimum atomic E-state index is -0.514. The number of hydrogen-bond donors (Lipinski definition) is 1. The average molecular weight is 403 g/mol. The molecule has 0 fully saturated rings. The first-order valence-electron chi connectivity index (χ1n) is 10.0. The topological polar surface area (TPSA) is 66.8 Å². The fourth-order valence-corrected chi connectivity index (χ4v) is 4.46. The fourth-order valence-electron chi connectivity index (χ4n) is 4.46. The van der Waals surface area contributed by atoms with Crippen LogP contribution in [0.3, 0.4) is 0 Å². The number of halogens is 1. The van der Waals surface area contributed by atoms with E-state index in [1.54, 1.807) is 28.6 Å². The average Bonchev–Trinajstić information content (AvgIpc) is 3.26. The third-order valence-electron chi connectivity index (χ3n) is 5.80. The number of carbonyl (C=O) groups is 1. The lowest BCUT2D eigenvalue weighted by molar-refractivity contribution is -0.134. The molecule has 0 saturated carbocycles. The van der Waals surface area contributed by atoms with E-state index < -0.39 is 6.04 Å². The number of nitrogens with one attached hydrogen (secondary N) is 1. The summed E-state index contributed by atoms with van der Waals surface area (Å²) in [6.45, 7) is 4.22. The third-order valence-corrected chi connectivity index (χ3v) is 5.80. The first-order valence-corrected chi connectivity index (χ1v) is 10.0. The molecule has 1 N–H and O–H groups in total. The molecular weight excluding hydrogens is 381 g/mol. The molecule has 152 valence electrons. The first-order chi connectivity index (χ1) is 14.5. The zero-order valence-corrected chi connectivity index (χ0v) is 16.9. The molecule has 0 aliphatic carbocycles. The summed E-state index contributed by atoms with van der Waals surface area (Å²) in [5.74, 6) is 0.884. The highest BCUT2D eigenvalue weighted by Crippen LogP contribution is 2.39. The quantitative estimate of drug-likeness (QED) is 0.567. The molecule has 0 radical (unpaired) electrons. The summed E-state index contributed by atoms with van der Waals surface area (Å²) in [5.41, 5.74) is 3.52. The van der Waals surface area contributed by atoms with E-state index in [1.807, 2.05) is 31.2 Å². The van der Waals surface area contributed by atoms with Crippen LogP contribution in [0, 0.1) is 19.7 Å². The van der Waals surface area contributed by atoms with E-state index in [0.717, 1.165) is 22.2 Å². The van der Waals surface area contributed by atoms with Gasteiger partial charge in [-0.2, -0.15) is 5.10 Å². The normalized spacial score (nSPS) is 16.1. The molecule has 1 aliphatic rings. The number of para-hydroxylation sites is 1. The molecule has 3 heterocycles. The van der Waals surface area contributed by atoms with Crippen LogP contribution >= 0.6 is 0 Å². The molecule has 7 heteroatoms. The van der Waals surface area contributed by atoms with Crippen molar-refractivity contribution in [3.63, 3.8) is 0 Å². The van der Waals surface area contributed by atoms with Crippen molar-refractivity contribution in [1.29, 1.82) is 0 Å². The predicted molar refractivity (Wildman–Crippen MR) is 111 cm³/mol. The Balaban J connectivity index is 1.61. The van der Waals surface area contributed by atoms with Crippen LogP contribution in [-0.2, 0) is 17.8 Å². The largest absolute Gasteiger partial charge is 0.356 e. The molecule has 5 rings (SSSR count). The Hall–Kier alpha value is -3.48. The second-order valence-corrected chi connectivity index (χ2v) is 7.69. The van der Waals surface area contributed by atoms with Crippen molar-refractivity contribution in [2.75, 3.05) is 6.54 Å². The Kier molecular flexibility index (Phi) is 4.38. The number of amides is 1. The molecule has 4 aromatic rings.